The third kappa shape index (κ3) is 5.32. The average molecular weight is 414 g/mol. The van der Waals surface area contributed by atoms with Gasteiger partial charge in [0.2, 0.25) is 0 Å². The van der Waals surface area contributed by atoms with E-state index in [9.17, 15) is 9.59 Å². The topological polar surface area (TPSA) is 63.4 Å². The van der Waals surface area contributed by atoms with Gasteiger partial charge in [0.05, 0.1) is 31.5 Å². The van der Waals surface area contributed by atoms with Crippen LogP contribution in [0.4, 0.5) is 15.3 Å². The van der Waals surface area contributed by atoms with Crippen molar-refractivity contribution in [1.29, 1.82) is 0 Å². The Morgan fingerprint density at radius 1 is 1.03 bits per heavy atom. The highest BCUT2D eigenvalue weighted by atomic mass is 16.6. The number of amides is 2. The molecule has 1 aliphatic heterocycles. The van der Waals surface area contributed by atoms with Crippen LogP contribution in [0.25, 0.3) is 4.85 Å². The van der Waals surface area contributed by atoms with Crippen molar-refractivity contribution < 1.29 is 19.1 Å². The van der Waals surface area contributed by atoms with Crippen molar-refractivity contribution in [3.63, 3.8) is 0 Å². The van der Waals surface area contributed by atoms with E-state index in [1.165, 1.54) is 10.0 Å². The molecule has 0 bridgehead atoms. The molecule has 7 nitrogen and oxygen atoms in total. The Balaban J connectivity index is 2.46. The summed E-state index contributed by atoms with van der Waals surface area (Å²) in [5.74, 6) is 0. The van der Waals surface area contributed by atoms with E-state index in [2.05, 4.69) is 11.8 Å². The quantitative estimate of drug-likeness (QED) is 0.396. The van der Waals surface area contributed by atoms with Crippen LogP contribution in [0, 0.1) is 6.57 Å². The van der Waals surface area contributed by atoms with E-state index in [1.807, 2.05) is 19.1 Å². The average Bonchev–Trinajstić information content (AvgIpc) is 3.01. The van der Waals surface area contributed by atoms with Crippen LogP contribution in [0.3, 0.4) is 0 Å². The second kappa shape index (κ2) is 11.2. The Morgan fingerprint density at radius 3 is 2.23 bits per heavy atom. The first kappa shape index (κ1) is 23.3. The first-order chi connectivity index (χ1) is 14.5. The Kier molecular flexibility index (Phi) is 8.72. The van der Waals surface area contributed by atoms with Gasteiger partial charge < -0.3 is 9.47 Å². The van der Waals surface area contributed by atoms with E-state index in [4.69, 9.17) is 16.0 Å². The molecule has 2 amide bonds. The highest BCUT2D eigenvalue weighted by molar-refractivity contribution is 5.78. The van der Waals surface area contributed by atoms with Gasteiger partial charge in [0.25, 0.3) is 0 Å². The normalized spacial score (nSPS) is 15.9. The van der Waals surface area contributed by atoms with Gasteiger partial charge in [0, 0.05) is 6.42 Å². The second-order valence-corrected chi connectivity index (χ2v) is 7.11. The minimum Gasteiger partial charge on any atom is -0.448 e. The molecule has 7 heteroatoms. The summed E-state index contributed by atoms with van der Waals surface area (Å²) in [4.78, 5) is 29.0. The van der Waals surface area contributed by atoms with E-state index in [-0.39, 0.29) is 19.3 Å². The molecule has 0 aliphatic carbocycles. The first-order valence-corrected chi connectivity index (χ1v) is 10.6. The van der Waals surface area contributed by atoms with Gasteiger partial charge in [-0.1, -0.05) is 44.0 Å². The van der Waals surface area contributed by atoms with Crippen molar-refractivity contribution in [1.82, 2.24) is 10.0 Å². The van der Waals surface area contributed by atoms with Crippen LogP contribution in [-0.4, -0.2) is 41.5 Å². The fourth-order valence-corrected chi connectivity index (χ4v) is 3.63. The summed E-state index contributed by atoms with van der Waals surface area (Å²) in [6, 6.07) is 6.98. The van der Waals surface area contributed by atoms with Crippen LogP contribution in [0.15, 0.2) is 35.5 Å². The van der Waals surface area contributed by atoms with E-state index in [0.29, 0.717) is 12.1 Å². The highest BCUT2D eigenvalue weighted by Gasteiger charge is 2.43. The second-order valence-electron chi connectivity index (χ2n) is 7.11. The van der Waals surface area contributed by atoms with Crippen LogP contribution < -0.4 is 0 Å². The molecule has 0 radical (unpaired) electrons. The van der Waals surface area contributed by atoms with E-state index in [1.54, 1.807) is 26.0 Å². The maximum Gasteiger partial charge on any atom is 0.433 e. The van der Waals surface area contributed by atoms with Gasteiger partial charge in [-0.05, 0) is 44.7 Å². The lowest BCUT2D eigenvalue weighted by Gasteiger charge is -2.31. The smallest absolute Gasteiger partial charge is 0.433 e. The van der Waals surface area contributed by atoms with Crippen LogP contribution >= 0.6 is 0 Å². The van der Waals surface area contributed by atoms with Gasteiger partial charge in [-0.3, -0.25) is 0 Å². The third-order valence-electron chi connectivity index (χ3n) is 5.10. The number of carbonyl (C=O) groups is 2. The monoisotopic (exact) mass is 413 g/mol. The summed E-state index contributed by atoms with van der Waals surface area (Å²) >= 11 is 0. The zero-order chi connectivity index (χ0) is 22.1. The molecule has 1 atom stereocenters. The standard InChI is InChI=1S/C23H31N3O4/c1-6-9-10-11-20-17(4)25(22(27)29-7-2)26(23(28)30-8-3)21(20)16-18-12-14-19(24-5)15-13-18/h12-15,17H,6-11,16H2,1-4H3. The summed E-state index contributed by atoms with van der Waals surface area (Å²) in [6.45, 7) is 15.1. The van der Waals surface area contributed by atoms with Crippen molar-refractivity contribution in [2.75, 3.05) is 13.2 Å². The molecule has 30 heavy (non-hydrogen) atoms. The SMILES string of the molecule is [C-]#[N+]c1ccc(CC2=C(CCCCC)C(C)N(C(=O)OCC)N2C(=O)OCC)cc1. The first-order valence-electron chi connectivity index (χ1n) is 10.6. The van der Waals surface area contributed by atoms with Gasteiger partial charge in [-0.15, -0.1) is 0 Å². The zero-order valence-electron chi connectivity index (χ0n) is 18.3. The summed E-state index contributed by atoms with van der Waals surface area (Å²) < 4.78 is 10.5. The lowest BCUT2D eigenvalue weighted by atomic mass is 9.97. The fourth-order valence-electron chi connectivity index (χ4n) is 3.63. The van der Waals surface area contributed by atoms with Crippen molar-refractivity contribution in [3.8, 4) is 0 Å². The van der Waals surface area contributed by atoms with Crippen LogP contribution in [0.2, 0.25) is 0 Å². The molecule has 1 unspecified atom stereocenters. The molecule has 0 aromatic heterocycles. The molecule has 0 saturated heterocycles. The van der Waals surface area contributed by atoms with Crippen molar-refractivity contribution in [2.24, 2.45) is 0 Å². The van der Waals surface area contributed by atoms with Crippen LogP contribution in [-0.2, 0) is 15.9 Å². The van der Waals surface area contributed by atoms with E-state index < -0.39 is 12.2 Å². The number of ether oxygens (including phenoxy) is 2. The Labute approximate surface area is 179 Å². The molecular formula is C23H31N3O4. The summed E-state index contributed by atoms with van der Waals surface area (Å²) in [7, 11) is 0. The number of hydrogen-bond donors (Lipinski definition) is 0. The number of hydrazine groups is 1. The van der Waals surface area contributed by atoms with Gasteiger partial charge in [-0.2, -0.15) is 5.01 Å². The molecule has 162 valence electrons. The molecule has 1 aromatic rings. The Bertz CT molecular complexity index is 811. The van der Waals surface area contributed by atoms with Crippen molar-refractivity contribution in [2.45, 2.75) is 65.8 Å². The lowest BCUT2D eigenvalue weighted by molar-refractivity contribution is -0.000610. The van der Waals surface area contributed by atoms with Gasteiger partial charge >= 0.3 is 12.2 Å². The predicted octanol–water partition coefficient (Wildman–Crippen LogP) is 5.85. The minimum absolute atomic E-state index is 0.207. The molecule has 1 heterocycles. The van der Waals surface area contributed by atoms with E-state index >= 15 is 0 Å². The number of carbonyl (C=O) groups excluding carboxylic acids is 2. The Morgan fingerprint density at radius 2 is 1.67 bits per heavy atom. The van der Waals surface area contributed by atoms with Gasteiger partial charge in [-0.25, -0.2) is 19.4 Å². The third-order valence-corrected chi connectivity index (χ3v) is 5.10. The maximum atomic E-state index is 12.9. The van der Waals surface area contributed by atoms with E-state index in [0.717, 1.165) is 42.5 Å². The summed E-state index contributed by atoms with van der Waals surface area (Å²) in [5.41, 5.74) is 3.31. The minimum atomic E-state index is -0.587. The molecule has 0 saturated carbocycles. The lowest BCUT2D eigenvalue weighted by Crippen LogP contribution is -2.49. The van der Waals surface area contributed by atoms with Crippen LogP contribution in [0.1, 0.15) is 58.9 Å². The maximum absolute atomic E-state index is 12.9. The molecule has 0 fully saturated rings. The number of hydrogen-bond acceptors (Lipinski definition) is 4. The molecule has 0 spiro atoms. The zero-order valence-corrected chi connectivity index (χ0v) is 18.3. The van der Waals surface area contributed by atoms with Crippen LogP contribution in [0.5, 0.6) is 0 Å². The molecule has 0 N–H and O–H groups in total. The summed E-state index contributed by atoms with van der Waals surface area (Å²) in [5, 5.41) is 2.71. The highest BCUT2D eigenvalue weighted by Crippen LogP contribution is 2.36. The molecule has 2 rings (SSSR count). The molecule has 1 aromatic carbocycles. The predicted molar refractivity (Wildman–Crippen MR) is 115 cm³/mol. The number of nitrogens with zero attached hydrogens (tertiary/aromatic N) is 3. The van der Waals surface area contributed by atoms with Crippen molar-refractivity contribution >= 4 is 17.9 Å². The fraction of sp³-hybridized carbons (Fsp3) is 0.522. The number of allylic oxidation sites excluding steroid dienone is 1. The Hall–Kier alpha value is -3.01. The number of benzene rings is 1. The number of rotatable bonds is 8. The molecular weight excluding hydrogens is 382 g/mol. The largest absolute Gasteiger partial charge is 0.448 e. The van der Waals surface area contributed by atoms with Crippen molar-refractivity contribution in [3.05, 3.63) is 52.5 Å². The van der Waals surface area contributed by atoms with Gasteiger partial charge in [0.1, 0.15) is 0 Å². The molecule has 1 aliphatic rings. The number of unbranched alkanes of at least 4 members (excludes halogenated alkanes) is 2. The van der Waals surface area contributed by atoms with Gasteiger partial charge in [0.15, 0.2) is 5.69 Å². The summed E-state index contributed by atoms with van der Waals surface area (Å²) in [6.07, 6.45) is 3.22.